The van der Waals surface area contributed by atoms with E-state index in [0.29, 0.717) is 19.3 Å². The molecule has 0 rings (SSSR count). The molecule has 0 radical (unpaired) electrons. The first kappa shape index (κ1) is 44.0. The molecule has 0 aliphatic rings. The average Bonchev–Trinajstić information content (AvgIpc) is 3.04. The topological polar surface area (TPSA) is 94.9 Å². The molecular formula is C39H68NO5P. The molecular weight excluding hydrogens is 593 g/mol. The molecule has 0 spiro atoms. The van der Waals surface area contributed by atoms with Crippen molar-refractivity contribution in [2.45, 2.75) is 173 Å². The number of aliphatic carboxylic acids is 1. The summed E-state index contributed by atoms with van der Waals surface area (Å²) in [4.78, 5) is 38.1. The summed E-state index contributed by atoms with van der Waals surface area (Å²) in [6.07, 6.45) is 41.4. The first-order chi connectivity index (χ1) is 22.4. The highest BCUT2D eigenvalue weighted by Crippen LogP contribution is 2.26. The molecule has 46 heavy (non-hydrogen) atoms. The summed E-state index contributed by atoms with van der Waals surface area (Å²) in [5, 5.41) is 20.0. The number of amides is 1. The molecule has 7 heteroatoms. The number of carboxylic acids is 1. The van der Waals surface area contributed by atoms with Gasteiger partial charge < -0.3 is 14.9 Å². The zero-order chi connectivity index (χ0) is 34.1. The van der Waals surface area contributed by atoms with Gasteiger partial charge >= 0.3 is 5.97 Å². The molecule has 1 amide bonds. The van der Waals surface area contributed by atoms with Gasteiger partial charge in [-0.15, -0.1) is 0 Å². The second kappa shape index (κ2) is 31.6. The normalized spacial score (nSPS) is 13.4. The summed E-state index contributed by atoms with van der Waals surface area (Å²) in [5.74, 6) is -2.58. The van der Waals surface area contributed by atoms with Crippen LogP contribution >= 0.6 is 9.39 Å². The van der Waals surface area contributed by atoms with E-state index in [4.69, 9.17) is 0 Å². The van der Waals surface area contributed by atoms with Gasteiger partial charge in [0.25, 0.3) is 0 Å². The number of rotatable bonds is 32. The monoisotopic (exact) mass is 661 g/mol. The third-order valence-corrected chi connectivity index (χ3v) is 9.18. The maximum absolute atomic E-state index is 13.0. The fourth-order valence-electron chi connectivity index (χ4n) is 5.36. The Morgan fingerprint density at radius 3 is 1.39 bits per heavy atom. The molecule has 6 nitrogen and oxygen atoms in total. The molecule has 0 fully saturated rings. The van der Waals surface area contributed by atoms with Gasteiger partial charge in [0.05, 0.1) is 6.61 Å². The Bertz CT molecular complexity index is 897. The highest BCUT2D eigenvalue weighted by molar-refractivity contribution is 7.15. The first-order valence-electron chi connectivity index (χ1n) is 18.4. The molecule has 0 bridgehead atoms. The molecule has 0 heterocycles. The Labute approximate surface area is 284 Å². The maximum atomic E-state index is 13.0. The fourth-order valence-corrected chi connectivity index (χ4v) is 5.83. The van der Waals surface area contributed by atoms with Crippen LogP contribution in [0.4, 0.5) is 0 Å². The summed E-state index contributed by atoms with van der Waals surface area (Å²) >= 11 is 0. The third kappa shape index (κ3) is 21.7. The molecule has 2 N–H and O–H groups in total. The average molecular weight is 662 g/mol. The maximum Gasteiger partial charge on any atom is 0.340 e. The van der Waals surface area contributed by atoms with Crippen molar-refractivity contribution >= 4 is 27.1 Å². The van der Waals surface area contributed by atoms with Crippen LogP contribution in [-0.2, 0) is 14.4 Å². The number of aliphatic hydroxyl groups excluding tert-OH is 1. The highest BCUT2D eigenvalue weighted by Gasteiger charge is 2.50. The standard InChI is InChI=1S/C39H68NO5P/c1-3-5-7-9-11-13-15-17-18-19-20-22-24-26-28-30-32-34-37(43)40(46)39(35-41,38(44)45)36(42)33-31-29-27-25-23-21-16-14-12-10-8-6-4-2/h11,13,17-18,20,22,26,28,41H,3-10,12,14-16,19,21,23-25,27,29-35,46H2,1-2H3,(H,44,45)/b13-11-,18-17-,22-20-,28-26-/t39-/m1/s1. The van der Waals surface area contributed by atoms with Crippen LogP contribution in [0.5, 0.6) is 0 Å². The second-order valence-corrected chi connectivity index (χ2v) is 13.0. The summed E-state index contributed by atoms with van der Waals surface area (Å²) in [6, 6.07) is 0. The Morgan fingerprint density at radius 1 is 0.565 bits per heavy atom. The Kier molecular flexibility index (Phi) is 30.2. The number of Topliss-reactive ketones (excluding diaryl/α,β-unsaturated/α-hetero) is 1. The fraction of sp³-hybridized carbons (Fsp3) is 0.718. The highest BCUT2D eigenvalue weighted by atomic mass is 31.0. The minimum Gasteiger partial charge on any atom is -0.479 e. The molecule has 264 valence electrons. The molecule has 0 aromatic rings. The van der Waals surface area contributed by atoms with Crippen LogP contribution in [0.1, 0.15) is 168 Å². The van der Waals surface area contributed by atoms with Gasteiger partial charge in [0, 0.05) is 12.8 Å². The van der Waals surface area contributed by atoms with Gasteiger partial charge in [0.2, 0.25) is 11.4 Å². The zero-order valence-corrected chi connectivity index (χ0v) is 30.6. The number of allylic oxidation sites excluding steroid dienone is 8. The van der Waals surface area contributed by atoms with Crippen molar-refractivity contribution in [3.05, 3.63) is 48.6 Å². The van der Waals surface area contributed by atoms with E-state index in [1.807, 2.05) is 6.08 Å². The summed E-state index contributed by atoms with van der Waals surface area (Å²) in [5.41, 5.74) is -2.25. The van der Waals surface area contributed by atoms with Gasteiger partial charge in [-0.3, -0.25) is 9.59 Å². The van der Waals surface area contributed by atoms with Crippen molar-refractivity contribution in [2.24, 2.45) is 0 Å². The van der Waals surface area contributed by atoms with Gasteiger partial charge in [0.15, 0.2) is 5.78 Å². The number of ketones is 1. The summed E-state index contributed by atoms with van der Waals surface area (Å²) in [7, 11) is 2.09. The second-order valence-electron chi connectivity index (χ2n) is 12.5. The van der Waals surface area contributed by atoms with Crippen LogP contribution in [0.15, 0.2) is 48.6 Å². The van der Waals surface area contributed by atoms with E-state index < -0.39 is 29.8 Å². The van der Waals surface area contributed by atoms with Crippen molar-refractivity contribution in [3.63, 3.8) is 0 Å². The van der Waals surface area contributed by atoms with Gasteiger partial charge in [-0.1, -0.05) is 152 Å². The first-order valence-corrected chi connectivity index (χ1v) is 18.9. The van der Waals surface area contributed by atoms with Gasteiger partial charge in [-0.05, 0) is 60.8 Å². The SMILES string of the molecule is CCCCC/C=C\C/C=C\C/C=C\C/C=C\CCCC(=O)N(P)[C@@](CO)(C(=O)O)C(=O)CCCCCCCCCCCCCCC. The van der Waals surface area contributed by atoms with Gasteiger partial charge in [-0.25, -0.2) is 4.79 Å². The van der Waals surface area contributed by atoms with Crippen LogP contribution in [0.3, 0.4) is 0 Å². The lowest BCUT2D eigenvalue weighted by molar-refractivity contribution is -0.161. The molecule has 0 aliphatic heterocycles. The number of carboxylic acid groups (broad SMARTS) is 1. The van der Waals surface area contributed by atoms with Crippen LogP contribution in [0, 0.1) is 0 Å². The van der Waals surface area contributed by atoms with Crippen LogP contribution in [0.2, 0.25) is 0 Å². The van der Waals surface area contributed by atoms with Crippen LogP contribution in [-0.4, -0.2) is 44.7 Å². The predicted molar refractivity (Wildman–Crippen MR) is 198 cm³/mol. The minimum absolute atomic E-state index is 0.0328. The summed E-state index contributed by atoms with van der Waals surface area (Å²) < 4.78 is 0.877. The van der Waals surface area contributed by atoms with Crippen molar-refractivity contribution < 1.29 is 24.6 Å². The quantitative estimate of drug-likeness (QED) is 0.0324. The predicted octanol–water partition coefficient (Wildman–Crippen LogP) is 10.6. The van der Waals surface area contributed by atoms with E-state index in [1.54, 1.807) is 0 Å². The lowest BCUT2D eigenvalue weighted by atomic mass is 9.90. The summed E-state index contributed by atoms with van der Waals surface area (Å²) in [6.45, 7) is 3.52. The van der Waals surface area contributed by atoms with Crippen molar-refractivity contribution in [3.8, 4) is 0 Å². The molecule has 0 aromatic heterocycles. The number of hydrogen-bond donors (Lipinski definition) is 2. The van der Waals surface area contributed by atoms with E-state index in [-0.39, 0.29) is 12.8 Å². The molecule has 0 saturated carbocycles. The molecule has 1 unspecified atom stereocenters. The third-order valence-electron chi connectivity index (χ3n) is 8.45. The Balaban J connectivity index is 4.28. The van der Waals surface area contributed by atoms with E-state index in [2.05, 4.69) is 65.8 Å². The van der Waals surface area contributed by atoms with Crippen LogP contribution < -0.4 is 0 Å². The van der Waals surface area contributed by atoms with E-state index in [9.17, 15) is 24.6 Å². The number of carbonyl (C=O) groups is 3. The molecule has 0 aromatic carbocycles. The minimum atomic E-state index is -2.25. The number of nitrogens with zero attached hydrogens (tertiary/aromatic N) is 1. The van der Waals surface area contributed by atoms with Crippen molar-refractivity contribution in [2.75, 3.05) is 6.61 Å². The number of hydrogen-bond acceptors (Lipinski definition) is 4. The van der Waals surface area contributed by atoms with Crippen LogP contribution in [0.25, 0.3) is 0 Å². The van der Waals surface area contributed by atoms with Gasteiger partial charge in [-0.2, -0.15) is 0 Å². The van der Waals surface area contributed by atoms with E-state index >= 15 is 0 Å². The molecule has 2 atom stereocenters. The Morgan fingerprint density at radius 2 is 0.957 bits per heavy atom. The molecule has 0 saturated heterocycles. The number of aliphatic hydroxyl groups is 1. The lowest BCUT2D eigenvalue weighted by Gasteiger charge is -2.35. The van der Waals surface area contributed by atoms with Crippen molar-refractivity contribution in [1.82, 2.24) is 4.67 Å². The van der Waals surface area contributed by atoms with E-state index in [1.165, 1.54) is 83.5 Å². The Hall–Kier alpha value is -2.04. The molecule has 0 aliphatic carbocycles. The smallest absolute Gasteiger partial charge is 0.340 e. The van der Waals surface area contributed by atoms with Crippen molar-refractivity contribution in [1.29, 1.82) is 0 Å². The zero-order valence-electron chi connectivity index (χ0n) is 29.4. The largest absolute Gasteiger partial charge is 0.479 e. The number of unbranched alkanes of at least 4 members (excludes halogenated alkanes) is 16. The van der Waals surface area contributed by atoms with Gasteiger partial charge in [0.1, 0.15) is 0 Å². The lowest BCUT2D eigenvalue weighted by Crippen LogP contribution is -2.60. The van der Waals surface area contributed by atoms with E-state index in [0.717, 1.165) is 43.2 Å². The number of carbonyl (C=O) groups excluding carboxylic acids is 2.